The molecular formula is C20H30F3NO4. The van der Waals surface area contributed by atoms with Gasteiger partial charge in [0.15, 0.2) is 6.29 Å². The van der Waals surface area contributed by atoms with Crippen LogP contribution < -0.4 is 0 Å². The first kappa shape index (κ1) is 24.4. The van der Waals surface area contributed by atoms with Gasteiger partial charge in [0.05, 0.1) is 12.0 Å². The Bertz CT molecular complexity index is 611. The summed E-state index contributed by atoms with van der Waals surface area (Å²) in [7, 11) is 3.27. The summed E-state index contributed by atoms with van der Waals surface area (Å²) in [4.78, 5) is 14.2. The van der Waals surface area contributed by atoms with Crippen LogP contribution in [0.4, 0.5) is 13.2 Å². The van der Waals surface area contributed by atoms with Gasteiger partial charge in [-0.05, 0) is 52.4 Å². The highest BCUT2D eigenvalue weighted by atomic mass is 19.4. The molecule has 1 rings (SSSR count). The third kappa shape index (κ3) is 8.16. The molecule has 1 aromatic carbocycles. The molecule has 2 atom stereocenters. The van der Waals surface area contributed by atoms with Crippen molar-refractivity contribution in [2.75, 3.05) is 27.3 Å². The van der Waals surface area contributed by atoms with Crippen molar-refractivity contribution in [3.63, 3.8) is 0 Å². The third-order valence-corrected chi connectivity index (χ3v) is 3.99. The molecule has 0 radical (unpaired) electrons. The quantitative estimate of drug-likeness (QED) is 0.450. The minimum Gasteiger partial charge on any atom is -0.460 e. The summed E-state index contributed by atoms with van der Waals surface area (Å²) in [6.07, 6.45) is -4.95. The molecule has 0 aromatic heterocycles. The number of hydrogen-bond acceptors (Lipinski definition) is 5. The summed E-state index contributed by atoms with van der Waals surface area (Å²) >= 11 is 0. The number of ether oxygens (including phenoxy) is 3. The molecule has 0 spiro atoms. The summed E-state index contributed by atoms with van der Waals surface area (Å²) in [6.45, 7) is 7.90. The van der Waals surface area contributed by atoms with Gasteiger partial charge in [-0.2, -0.15) is 13.2 Å². The summed E-state index contributed by atoms with van der Waals surface area (Å²) in [5, 5.41) is 0. The van der Waals surface area contributed by atoms with Crippen molar-refractivity contribution in [3.05, 3.63) is 35.4 Å². The van der Waals surface area contributed by atoms with E-state index in [1.54, 1.807) is 27.8 Å². The highest BCUT2D eigenvalue weighted by molar-refractivity contribution is 5.71. The molecular weight excluding hydrogens is 375 g/mol. The fourth-order valence-electron chi connectivity index (χ4n) is 2.71. The van der Waals surface area contributed by atoms with Crippen molar-refractivity contribution in [2.24, 2.45) is 0 Å². The molecule has 0 aliphatic rings. The maximum absolute atomic E-state index is 12.9. The molecule has 28 heavy (non-hydrogen) atoms. The number of benzene rings is 1. The lowest BCUT2D eigenvalue weighted by Crippen LogP contribution is -2.37. The third-order valence-electron chi connectivity index (χ3n) is 3.99. The Kier molecular flexibility index (Phi) is 8.91. The predicted molar refractivity (Wildman–Crippen MR) is 99.7 cm³/mol. The van der Waals surface area contributed by atoms with Gasteiger partial charge in [0.25, 0.3) is 0 Å². The second kappa shape index (κ2) is 10.2. The fourth-order valence-corrected chi connectivity index (χ4v) is 2.71. The number of carbonyl (C=O) groups is 1. The first-order chi connectivity index (χ1) is 12.9. The Morgan fingerprint density at radius 3 is 2.14 bits per heavy atom. The first-order valence-corrected chi connectivity index (χ1v) is 9.11. The number of halogens is 3. The molecule has 0 aliphatic heterocycles. The Balaban J connectivity index is 3.07. The normalized spacial score (nSPS) is 14.8. The van der Waals surface area contributed by atoms with E-state index in [-0.39, 0.29) is 6.42 Å². The van der Waals surface area contributed by atoms with E-state index in [0.717, 1.165) is 12.1 Å². The molecule has 5 nitrogen and oxygen atoms in total. The van der Waals surface area contributed by atoms with Crippen LogP contribution >= 0.6 is 0 Å². The zero-order valence-electron chi connectivity index (χ0n) is 17.3. The van der Waals surface area contributed by atoms with Gasteiger partial charge < -0.3 is 14.2 Å². The van der Waals surface area contributed by atoms with Gasteiger partial charge in [0.2, 0.25) is 0 Å². The van der Waals surface area contributed by atoms with Crippen LogP contribution in [0.15, 0.2) is 24.3 Å². The van der Waals surface area contributed by atoms with E-state index in [1.807, 2.05) is 11.8 Å². The summed E-state index contributed by atoms with van der Waals surface area (Å²) in [5.41, 5.74) is -0.812. The lowest BCUT2D eigenvalue weighted by molar-refractivity contribution is -0.158. The predicted octanol–water partition coefficient (Wildman–Crippen LogP) is 4.42. The molecule has 0 saturated carbocycles. The Hall–Kier alpha value is -1.64. The standard InChI is InChI=1S/C20H30F3NO4/c1-7-27-18(26-6)13-24(5)16(12-17(25)28-19(2,3)4)14-8-10-15(11-9-14)20(21,22)23/h8-11,16,18H,7,12-13H2,1-6H3. The molecule has 1 aromatic rings. The molecule has 0 bridgehead atoms. The number of hydrogen-bond donors (Lipinski definition) is 0. The molecule has 2 unspecified atom stereocenters. The van der Waals surface area contributed by atoms with E-state index in [4.69, 9.17) is 14.2 Å². The van der Waals surface area contributed by atoms with Crippen LogP contribution in [-0.4, -0.2) is 50.1 Å². The Morgan fingerprint density at radius 1 is 1.14 bits per heavy atom. The van der Waals surface area contributed by atoms with Gasteiger partial charge in [0, 0.05) is 26.3 Å². The van der Waals surface area contributed by atoms with Gasteiger partial charge in [0.1, 0.15) is 5.60 Å². The first-order valence-electron chi connectivity index (χ1n) is 9.11. The zero-order valence-corrected chi connectivity index (χ0v) is 17.3. The number of methoxy groups -OCH3 is 1. The second-order valence-corrected chi connectivity index (χ2v) is 7.49. The molecule has 0 aliphatic carbocycles. The highest BCUT2D eigenvalue weighted by Crippen LogP contribution is 2.32. The van der Waals surface area contributed by atoms with Gasteiger partial charge in [-0.15, -0.1) is 0 Å². The Morgan fingerprint density at radius 2 is 1.71 bits per heavy atom. The lowest BCUT2D eigenvalue weighted by atomic mass is 10.0. The van der Waals surface area contributed by atoms with E-state index in [0.29, 0.717) is 18.7 Å². The maximum atomic E-state index is 12.9. The monoisotopic (exact) mass is 405 g/mol. The summed E-state index contributed by atoms with van der Waals surface area (Å²) in [5.74, 6) is -0.436. The molecule has 0 saturated heterocycles. The average molecular weight is 405 g/mol. The van der Waals surface area contributed by atoms with Crippen molar-refractivity contribution in [2.45, 2.75) is 58.2 Å². The van der Waals surface area contributed by atoms with Gasteiger partial charge in [-0.25, -0.2) is 0 Å². The topological polar surface area (TPSA) is 48.0 Å². The van der Waals surface area contributed by atoms with Crippen molar-refractivity contribution in [3.8, 4) is 0 Å². The molecule has 0 heterocycles. The van der Waals surface area contributed by atoms with Crippen molar-refractivity contribution >= 4 is 5.97 Å². The minimum atomic E-state index is -4.42. The zero-order chi connectivity index (χ0) is 21.5. The lowest BCUT2D eigenvalue weighted by Gasteiger charge is -2.31. The van der Waals surface area contributed by atoms with Crippen LogP contribution in [0.1, 0.15) is 51.3 Å². The number of alkyl halides is 3. The van der Waals surface area contributed by atoms with Crippen LogP contribution in [-0.2, 0) is 25.2 Å². The molecule has 0 fully saturated rings. The number of carbonyl (C=O) groups excluding carboxylic acids is 1. The van der Waals surface area contributed by atoms with Crippen molar-refractivity contribution < 1.29 is 32.2 Å². The average Bonchev–Trinajstić information content (AvgIpc) is 2.57. The van der Waals surface area contributed by atoms with Gasteiger partial charge in [-0.1, -0.05) is 12.1 Å². The molecule has 0 N–H and O–H groups in total. The number of esters is 1. The Labute approximate surface area is 164 Å². The van der Waals surface area contributed by atoms with E-state index in [9.17, 15) is 18.0 Å². The van der Waals surface area contributed by atoms with Crippen LogP contribution in [0.5, 0.6) is 0 Å². The van der Waals surface area contributed by atoms with E-state index in [2.05, 4.69) is 0 Å². The van der Waals surface area contributed by atoms with E-state index >= 15 is 0 Å². The molecule has 8 heteroatoms. The van der Waals surface area contributed by atoms with Crippen LogP contribution in [0.2, 0.25) is 0 Å². The fraction of sp³-hybridized carbons (Fsp3) is 0.650. The van der Waals surface area contributed by atoms with Crippen LogP contribution in [0.3, 0.4) is 0 Å². The largest absolute Gasteiger partial charge is 0.460 e. The van der Waals surface area contributed by atoms with Crippen LogP contribution in [0.25, 0.3) is 0 Å². The summed E-state index contributed by atoms with van der Waals surface area (Å²) in [6, 6.07) is 4.31. The minimum absolute atomic E-state index is 0.0122. The van der Waals surface area contributed by atoms with Gasteiger partial charge >= 0.3 is 12.1 Å². The van der Waals surface area contributed by atoms with Crippen molar-refractivity contribution in [1.29, 1.82) is 0 Å². The SMILES string of the molecule is CCOC(CN(C)C(CC(=O)OC(C)(C)C)c1ccc(C(F)(F)F)cc1)OC. The molecule has 160 valence electrons. The van der Waals surface area contributed by atoms with Crippen molar-refractivity contribution in [1.82, 2.24) is 4.90 Å². The van der Waals surface area contributed by atoms with E-state index in [1.165, 1.54) is 19.2 Å². The van der Waals surface area contributed by atoms with Crippen LogP contribution in [0, 0.1) is 0 Å². The maximum Gasteiger partial charge on any atom is 0.416 e. The van der Waals surface area contributed by atoms with Gasteiger partial charge in [-0.3, -0.25) is 9.69 Å². The number of rotatable bonds is 9. The smallest absolute Gasteiger partial charge is 0.416 e. The second-order valence-electron chi connectivity index (χ2n) is 7.49. The molecule has 0 amide bonds. The summed E-state index contributed by atoms with van der Waals surface area (Å²) < 4.78 is 54.7. The van der Waals surface area contributed by atoms with E-state index < -0.39 is 35.6 Å². The highest BCUT2D eigenvalue weighted by Gasteiger charge is 2.31. The number of nitrogens with zero attached hydrogens (tertiary/aromatic N) is 1. The number of likely N-dealkylation sites (N-methyl/N-ethyl adjacent to an activating group) is 1.